The maximum absolute atomic E-state index is 13.0. The van der Waals surface area contributed by atoms with E-state index in [0.717, 1.165) is 0 Å². The molecule has 0 aliphatic carbocycles. The van der Waals surface area contributed by atoms with Crippen LogP contribution in [0.5, 0.6) is 0 Å². The van der Waals surface area contributed by atoms with E-state index in [1.54, 1.807) is 13.8 Å². The van der Waals surface area contributed by atoms with Crippen LogP contribution in [0.25, 0.3) is 0 Å². The highest BCUT2D eigenvalue weighted by atomic mass is 79.9. The Hall–Kier alpha value is -1.45. The number of nitriles is 1. The van der Waals surface area contributed by atoms with E-state index in [2.05, 4.69) is 21.2 Å². The summed E-state index contributed by atoms with van der Waals surface area (Å²) < 4.78 is 13.4. The molecule has 0 saturated carbocycles. The Morgan fingerprint density at radius 1 is 1.53 bits per heavy atom. The average molecular weight is 343 g/mol. The Bertz CT molecular complexity index is 578. The molecule has 0 heterocycles. The molecule has 0 radical (unpaired) electrons. The number of aliphatic hydroxyl groups excluding tert-OH is 1. The van der Waals surface area contributed by atoms with Gasteiger partial charge in [0.05, 0.1) is 5.69 Å². The van der Waals surface area contributed by atoms with Crippen LogP contribution in [0.4, 0.5) is 10.1 Å². The third kappa shape index (κ3) is 4.01. The van der Waals surface area contributed by atoms with Crippen LogP contribution in [0.2, 0.25) is 0 Å². The fraction of sp³-hybridized carbons (Fsp3) is 0.231. The molecule has 0 amide bonds. The first kappa shape index (κ1) is 15.6. The van der Waals surface area contributed by atoms with Gasteiger partial charge in [-0.15, -0.1) is 0 Å². The van der Waals surface area contributed by atoms with E-state index in [0.29, 0.717) is 10.2 Å². The van der Waals surface area contributed by atoms with Gasteiger partial charge in [0.15, 0.2) is 0 Å². The molecular weight excluding hydrogens is 331 g/mol. The van der Waals surface area contributed by atoms with Crippen LogP contribution in [-0.4, -0.2) is 10.1 Å². The number of nitrogens with one attached hydrogen (secondary N) is 1. The molecule has 19 heavy (non-hydrogen) atoms. The Labute approximate surface area is 124 Å². The topological polar surface area (TPSA) is 56.0 Å². The normalized spacial score (nSPS) is 11.8. The molecule has 1 rings (SSSR count). The fourth-order valence-corrected chi connectivity index (χ4v) is 2.00. The van der Waals surface area contributed by atoms with Gasteiger partial charge < -0.3 is 10.4 Å². The second-order valence-corrected chi connectivity index (χ2v) is 5.37. The summed E-state index contributed by atoms with van der Waals surface area (Å²) in [6, 6.07) is 5.92. The van der Waals surface area contributed by atoms with Crippen molar-refractivity contribution in [3.8, 4) is 6.07 Å². The van der Waals surface area contributed by atoms with Crippen molar-refractivity contribution in [1.82, 2.24) is 0 Å². The van der Waals surface area contributed by atoms with Crippen molar-refractivity contribution in [2.45, 2.75) is 13.8 Å². The van der Waals surface area contributed by atoms with E-state index in [9.17, 15) is 9.50 Å². The maximum Gasteiger partial charge on any atom is 0.125 e. The van der Waals surface area contributed by atoms with Crippen LogP contribution in [0.15, 0.2) is 34.0 Å². The second kappa shape index (κ2) is 6.64. The van der Waals surface area contributed by atoms with Gasteiger partial charge in [-0.2, -0.15) is 5.26 Å². The van der Waals surface area contributed by atoms with Crippen LogP contribution in [-0.2, 0) is 0 Å². The van der Waals surface area contributed by atoms with Crippen LogP contribution in [0.3, 0.4) is 0 Å². The van der Waals surface area contributed by atoms with Gasteiger partial charge >= 0.3 is 0 Å². The van der Waals surface area contributed by atoms with Crippen molar-refractivity contribution in [1.29, 1.82) is 5.26 Å². The van der Waals surface area contributed by atoms with Crippen LogP contribution in [0, 0.1) is 23.1 Å². The van der Waals surface area contributed by atoms with Crippen molar-refractivity contribution in [2.24, 2.45) is 5.92 Å². The molecule has 1 aromatic carbocycles. The van der Waals surface area contributed by atoms with Gasteiger partial charge in [-0.1, -0.05) is 26.1 Å². The number of nitrogens with zero attached hydrogens (tertiary/aromatic N) is 1. The van der Waals surface area contributed by atoms with Crippen molar-refractivity contribution in [3.05, 3.63) is 39.8 Å². The Kier molecular flexibility index (Phi) is 5.45. The number of aliphatic hydroxyl groups is 1. The quantitative estimate of drug-likeness (QED) is 0.371. The minimum atomic E-state index is -0.385. The summed E-state index contributed by atoms with van der Waals surface area (Å²) in [5.41, 5.74) is 0.539. The number of hydrogen-bond acceptors (Lipinski definition) is 3. The number of thiocarbonyl (C=S) groups is 1. The molecule has 0 fully saturated rings. The van der Waals surface area contributed by atoms with E-state index in [-0.39, 0.29) is 28.1 Å². The average Bonchev–Trinajstić information content (AvgIpc) is 2.33. The van der Waals surface area contributed by atoms with Crippen LogP contribution in [0.1, 0.15) is 13.8 Å². The van der Waals surface area contributed by atoms with E-state index in [1.807, 2.05) is 6.07 Å². The molecule has 0 atom stereocenters. The summed E-state index contributed by atoms with van der Waals surface area (Å²) in [5.74, 6) is -0.659. The van der Waals surface area contributed by atoms with Crippen molar-refractivity contribution >= 4 is 38.8 Å². The van der Waals surface area contributed by atoms with E-state index >= 15 is 0 Å². The van der Waals surface area contributed by atoms with Gasteiger partial charge in [-0.3, -0.25) is 0 Å². The van der Waals surface area contributed by atoms with Crippen molar-refractivity contribution in [2.75, 3.05) is 5.32 Å². The van der Waals surface area contributed by atoms with Crippen LogP contribution < -0.4 is 5.32 Å². The summed E-state index contributed by atoms with van der Waals surface area (Å²) in [6.45, 7) is 3.51. The molecule has 0 aliphatic heterocycles. The van der Waals surface area contributed by atoms with Gasteiger partial charge in [0.1, 0.15) is 28.2 Å². The molecule has 1 aromatic rings. The Morgan fingerprint density at radius 2 is 2.16 bits per heavy atom. The van der Waals surface area contributed by atoms with Gasteiger partial charge in [-0.05, 0) is 34.1 Å². The van der Waals surface area contributed by atoms with Crippen molar-refractivity contribution in [3.63, 3.8) is 0 Å². The summed E-state index contributed by atoms with van der Waals surface area (Å²) >= 11 is 8.27. The summed E-state index contributed by atoms with van der Waals surface area (Å²) in [6.07, 6.45) is 0. The summed E-state index contributed by atoms with van der Waals surface area (Å²) in [4.78, 5) is 0.0982. The fourth-order valence-electron chi connectivity index (χ4n) is 1.29. The number of allylic oxidation sites excluding steroid dienone is 1. The first-order valence-electron chi connectivity index (χ1n) is 5.46. The molecule has 0 spiro atoms. The second-order valence-electron chi connectivity index (χ2n) is 4.11. The zero-order chi connectivity index (χ0) is 14.6. The summed E-state index contributed by atoms with van der Waals surface area (Å²) in [5, 5.41) is 21.6. The molecule has 0 bridgehead atoms. The predicted octanol–water partition coefficient (Wildman–Crippen LogP) is 4.32. The molecule has 6 heteroatoms. The smallest absolute Gasteiger partial charge is 0.125 e. The zero-order valence-electron chi connectivity index (χ0n) is 10.4. The number of hydrogen-bond donors (Lipinski definition) is 2. The van der Waals surface area contributed by atoms with Gasteiger partial charge in [0.2, 0.25) is 0 Å². The minimum Gasteiger partial charge on any atom is -0.511 e. The predicted molar refractivity (Wildman–Crippen MR) is 80.4 cm³/mol. The highest BCUT2D eigenvalue weighted by Gasteiger charge is 2.15. The third-order valence-electron chi connectivity index (χ3n) is 2.32. The molecule has 0 aromatic heterocycles. The molecule has 100 valence electrons. The highest BCUT2D eigenvalue weighted by Crippen LogP contribution is 2.24. The molecule has 0 unspecified atom stereocenters. The lowest BCUT2D eigenvalue weighted by Crippen LogP contribution is -2.15. The molecule has 0 aliphatic rings. The minimum absolute atomic E-state index is 0.0150. The summed E-state index contributed by atoms with van der Waals surface area (Å²) in [7, 11) is 0. The maximum atomic E-state index is 13.0. The van der Waals surface area contributed by atoms with E-state index in [1.165, 1.54) is 18.2 Å². The third-order valence-corrected chi connectivity index (χ3v) is 3.28. The number of rotatable bonds is 3. The highest BCUT2D eigenvalue weighted by molar-refractivity contribution is 9.10. The monoisotopic (exact) mass is 342 g/mol. The lowest BCUT2D eigenvalue weighted by molar-refractivity contribution is 0.350. The van der Waals surface area contributed by atoms with Gasteiger partial charge in [-0.25, -0.2) is 4.39 Å². The number of benzene rings is 1. The SMILES string of the molecule is CC(C)C(O)=C(C#N)C(=S)Nc1ccc(F)cc1Br. The lowest BCUT2D eigenvalue weighted by Gasteiger charge is -2.12. The largest absolute Gasteiger partial charge is 0.511 e. The molecule has 0 saturated heterocycles. The van der Waals surface area contributed by atoms with E-state index in [4.69, 9.17) is 17.5 Å². The Morgan fingerprint density at radius 3 is 2.63 bits per heavy atom. The molecule has 2 N–H and O–H groups in total. The van der Waals surface area contributed by atoms with Gasteiger partial charge in [0, 0.05) is 10.4 Å². The standard InChI is InChI=1S/C13H12BrFN2OS/c1-7(2)12(18)9(6-16)13(19)17-11-4-3-8(15)5-10(11)14/h3-5,7,18H,1-2H3,(H,17,19). The number of halogens is 2. The van der Waals surface area contributed by atoms with E-state index < -0.39 is 0 Å². The number of anilines is 1. The van der Waals surface area contributed by atoms with Crippen LogP contribution >= 0.6 is 28.1 Å². The lowest BCUT2D eigenvalue weighted by atomic mass is 10.1. The Balaban J connectivity index is 3.03. The first-order chi connectivity index (χ1) is 8.86. The molecule has 3 nitrogen and oxygen atoms in total. The molecular formula is C13H12BrFN2OS. The zero-order valence-corrected chi connectivity index (χ0v) is 12.8. The van der Waals surface area contributed by atoms with Gasteiger partial charge in [0.25, 0.3) is 0 Å². The van der Waals surface area contributed by atoms with Crippen molar-refractivity contribution < 1.29 is 9.50 Å². The first-order valence-corrected chi connectivity index (χ1v) is 6.66.